The summed E-state index contributed by atoms with van der Waals surface area (Å²) in [7, 11) is 3.71. The van der Waals surface area contributed by atoms with E-state index in [4.69, 9.17) is 4.74 Å². The van der Waals surface area contributed by atoms with Crippen LogP contribution < -0.4 is 9.64 Å². The largest absolute Gasteiger partial charge is 0.495 e. The van der Waals surface area contributed by atoms with Crippen molar-refractivity contribution in [1.82, 2.24) is 9.80 Å². The average Bonchev–Trinajstić information content (AvgIpc) is 2.84. The Morgan fingerprint density at radius 2 is 1.74 bits per heavy atom. The van der Waals surface area contributed by atoms with Crippen LogP contribution in [0.5, 0.6) is 5.75 Å². The summed E-state index contributed by atoms with van der Waals surface area (Å²) in [5.41, 5.74) is 3.20. The summed E-state index contributed by atoms with van der Waals surface area (Å²) in [4.78, 5) is 19.9. The molecule has 0 bridgehead atoms. The molecule has 0 unspecified atom stereocenters. The number of hydrogen-bond donors (Lipinski definition) is 0. The number of rotatable bonds is 6. The van der Waals surface area contributed by atoms with E-state index in [-0.39, 0.29) is 5.91 Å². The molecule has 2 aromatic rings. The number of hydrogen-bond acceptors (Lipinski definition) is 4. The summed E-state index contributed by atoms with van der Waals surface area (Å²) in [5, 5.41) is 0. The van der Waals surface area contributed by atoms with Crippen LogP contribution in [0.2, 0.25) is 0 Å². The first-order chi connectivity index (χ1) is 15.2. The molecule has 0 spiro atoms. The summed E-state index contributed by atoms with van der Waals surface area (Å²) in [6.07, 6.45) is 6.06. The Morgan fingerprint density at radius 1 is 1.00 bits per heavy atom. The number of nitrogens with zero attached hydrogens (tertiary/aromatic N) is 3. The van der Waals surface area contributed by atoms with Gasteiger partial charge in [0.15, 0.2) is 0 Å². The average molecular weight is 422 g/mol. The monoisotopic (exact) mass is 421 g/mol. The van der Waals surface area contributed by atoms with Gasteiger partial charge in [-0.15, -0.1) is 0 Å². The lowest BCUT2D eigenvalue weighted by Gasteiger charge is -2.36. The van der Waals surface area contributed by atoms with E-state index in [1.54, 1.807) is 7.11 Å². The van der Waals surface area contributed by atoms with Crippen LogP contribution in [0.3, 0.4) is 0 Å². The molecule has 2 aromatic carbocycles. The zero-order valence-corrected chi connectivity index (χ0v) is 18.9. The number of amides is 1. The standard InChI is InChI=1S/C26H35N3O2/c1-27(23-11-4-3-5-12-23)26(30)22-10-8-9-21(19-22)20-28-15-17-29(18-16-28)24-13-6-7-14-25(24)31-2/h6-10,13-14,19,23H,3-5,11-12,15-18,20H2,1-2H3. The highest BCUT2D eigenvalue weighted by molar-refractivity contribution is 5.94. The SMILES string of the molecule is COc1ccccc1N1CCN(Cc2cccc(C(=O)N(C)C3CCCCC3)c2)CC1. The molecule has 1 saturated heterocycles. The van der Waals surface area contributed by atoms with Gasteiger partial charge in [-0.2, -0.15) is 0 Å². The zero-order chi connectivity index (χ0) is 21.6. The molecular weight excluding hydrogens is 386 g/mol. The van der Waals surface area contributed by atoms with E-state index in [0.717, 1.165) is 56.9 Å². The summed E-state index contributed by atoms with van der Waals surface area (Å²) in [6, 6.07) is 16.9. The molecule has 4 rings (SSSR count). The van der Waals surface area contributed by atoms with E-state index in [1.807, 2.05) is 36.2 Å². The van der Waals surface area contributed by atoms with Crippen LogP contribution in [-0.4, -0.2) is 62.1 Å². The van der Waals surface area contributed by atoms with Crippen molar-refractivity contribution in [1.29, 1.82) is 0 Å². The lowest BCUT2D eigenvalue weighted by atomic mass is 9.94. The van der Waals surface area contributed by atoms with Gasteiger partial charge in [0.25, 0.3) is 5.91 Å². The van der Waals surface area contributed by atoms with Gasteiger partial charge < -0.3 is 14.5 Å². The van der Waals surface area contributed by atoms with E-state index in [1.165, 1.54) is 30.5 Å². The fourth-order valence-electron chi connectivity index (χ4n) is 4.94. The number of carbonyl (C=O) groups is 1. The molecule has 1 heterocycles. The number of carbonyl (C=O) groups excluding carboxylic acids is 1. The Kier molecular flexibility index (Phi) is 7.13. The Bertz CT molecular complexity index is 870. The Morgan fingerprint density at radius 3 is 2.48 bits per heavy atom. The van der Waals surface area contributed by atoms with Crippen LogP contribution in [-0.2, 0) is 6.54 Å². The van der Waals surface area contributed by atoms with Crippen LogP contribution in [0.15, 0.2) is 48.5 Å². The smallest absolute Gasteiger partial charge is 0.253 e. The second-order valence-electron chi connectivity index (χ2n) is 8.84. The minimum atomic E-state index is 0.162. The van der Waals surface area contributed by atoms with Gasteiger partial charge in [0.2, 0.25) is 0 Å². The summed E-state index contributed by atoms with van der Waals surface area (Å²) in [5.74, 6) is 1.10. The lowest BCUT2D eigenvalue weighted by molar-refractivity contribution is 0.0696. The van der Waals surface area contributed by atoms with Crippen LogP contribution in [0.25, 0.3) is 0 Å². The van der Waals surface area contributed by atoms with Gasteiger partial charge in [0, 0.05) is 51.4 Å². The zero-order valence-electron chi connectivity index (χ0n) is 18.9. The molecule has 0 atom stereocenters. The molecule has 1 aliphatic carbocycles. The predicted molar refractivity (Wildman–Crippen MR) is 126 cm³/mol. The lowest BCUT2D eigenvalue weighted by Crippen LogP contribution is -2.46. The molecule has 0 radical (unpaired) electrons. The van der Waals surface area contributed by atoms with Crippen molar-refractivity contribution in [3.8, 4) is 5.75 Å². The quantitative estimate of drug-likeness (QED) is 0.692. The first-order valence-corrected chi connectivity index (χ1v) is 11.6. The Labute approximate surface area is 186 Å². The number of para-hydroxylation sites is 2. The number of benzene rings is 2. The molecule has 2 fully saturated rings. The maximum atomic E-state index is 13.0. The molecule has 1 amide bonds. The van der Waals surface area contributed by atoms with Crippen molar-refractivity contribution < 1.29 is 9.53 Å². The molecule has 1 aliphatic heterocycles. The minimum absolute atomic E-state index is 0.162. The molecule has 0 N–H and O–H groups in total. The first kappa shape index (κ1) is 21.7. The van der Waals surface area contributed by atoms with E-state index in [9.17, 15) is 4.79 Å². The third-order valence-electron chi connectivity index (χ3n) is 6.82. The second kappa shape index (κ2) is 10.2. The Balaban J connectivity index is 1.35. The van der Waals surface area contributed by atoms with Gasteiger partial charge in [0.05, 0.1) is 12.8 Å². The fraction of sp³-hybridized carbons (Fsp3) is 0.500. The van der Waals surface area contributed by atoms with Gasteiger partial charge in [-0.25, -0.2) is 0 Å². The second-order valence-corrected chi connectivity index (χ2v) is 8.84. The third-order valence-corrected chi connectivity index (χ3v) is 6.82. The van der Waals surface area contributed by atoms with Gasteiger partial charge >= 0.3 is 0 Å². The molecule has 166 valence electrons. The number of methoxy groups -OCH3 is 1. The predicted octanol–water partition coefficient (Wildman–Crippen LogP) is 4.42. The summed E-state index contributed by atoms with van der Waals surface area (Å²) >= 11 is 0. The molecule has 5 heteroatoms. The molecular formula is C26H35N3O2. The Hall–Kier alpha value is -2.53. The van der Waals surface area contributed by atoms with Crippen molar-refractivity contribution >= 4 is 11.6 Å². The molecule has 2 aliphatic rings. The molecule has 31 heavy (non-hydrogen) atoms. The molecule has 0 aromatic heterocycles. The van der Waals surface area contributed by atoms with Crippen LogP contribution in [0.1, 0.15) is 48.0 Å². The highest BCUT2D eigenvalue weighted by Crippen LogP contribution is 2.28. The van der Waals surface area contributed by atoms with Crippen molar-refractivity contribution in [2.24, 2.45) is 0 Å². The number of piperazine rings is 1. The molecule has 5 nitrogen and oxygen atoms in total. The minimum Gasteiger partial charge on any atom is -0.495 e. The number of ether oxygens (including phenoxy) is 1. The highest BCUT2D eigenvalue weighted by atomic mass is 16.5. The van der Waals surface area contributed by atoms with Gasteiger partial charge in [-0.3, -0.25) is 9.69 Å². The van der Waals surface area contributed by atoms with E-state index >= 15 is 0 Å². The van der Waals surface area contributed by atoms with Crippen LogP contribution in [0.4, 0.5) is 5.69 Å². The maximum Gasteiger partial charge on any atom is 0.253 e. The van der Waals surface area contributed by atoms with Crippen LogP contribution >= 0.6 is 0 Å². The summed E-state index contributed by atoms with van der Waals surface area (Å²) in [6.45, 7) is 4.83. The van der Waals surface area contributed by atoms with Crippen LogP contribution in [0, 0.1) is 0 Å². The van der Waals surface area contributed by atoms with Crippen molar-refractivity contribution in [2.45, 2.75) is 44.7 Å². The van der Waals surface area contributed by atoms with Gasteiger partial charge in [-0.1, -0.05) is 43.5 Å². The third kappa shape index (κ3) is 5.21. The first-order valence-electron chi connectivity index (χ1n) is 11.6. The van der Waals surface area contributed by atoms with Crippen molar-refractivity contribution in [2.75, 3.05) is 45.2 Å². The highest BCUT2D eigenvalue weighted by Gasteiger charge is 2.24. The van der Waals surface area contributed by atoms with E-state index in [0.29, 0.717) is 6.04 Å². The topological polar surface area (TPSA) is 36.0 Å². The number of anilines is 1. The summed E-state index contributed by atoms with van der Waals surface area (Å²) < 4.78 is 5.53. The molecule has 1 saturated carbocycles. The van der Waals surface area contributed by atoms with E-state index in [2.05, 4.69) is 34.1 Å². The maximum absolute atomic E-state index is 13.0. The normalized spacial score (nSPS) is 18.1. The van der Waals surface area contributed by atoms with E-state index < -0.39 is 0 Å². The fourth-order valence-corrected chi connectivity index (χ4v) is 4.94. The van der Waals surface area contributed by atoms with Gasteiger partial charge in [-0.05, 0) is 42.7 Å². The van der Waals surface area contributed by atoms with Gasteiger partial charge in [0.1, 0.15) is 5.75 Å². The van der Waals surface area contributed by atoms with Crippen molar-refractivity contribution in [3.05, 3.63) is 59.7 Å². The van der Waals surface area contributed by atoms with Crippen molar-refractivity contribution in [3.63, 3.8) is 0 Å².